The van der Waals surface area contributed by atoms with E-state index in [1.807, 2.05) is 0 Å². The third-order valence-electron chi connectivity index (χ3n) is 7.18. The van der Waals surface area contributed by atoms with Gasteiger partial charge in [-0.15, -0.1) is 0 Å². The van der Waals surface area contributed by atoms with Crippen molar-refractivity contribution in [2.75, 3.05) is 31.8 Å². The van der Waals surface area contributed by atoms with E-state index < -0.39 is 53.8 Å². The maximum atomic E-state index is 11.8. The summed E-state index contributed by atoms with van der Waals surface area (Å²) in [7, 11) is 1.40. The zero-order valence-corrected chi connectivity index (χ0v) is 21.5. The minimum absolute atomic E-state index is 0.0950. The third kappa shape index (κ3) is 4.85. The van der Waals surface area contributed by atoms with E-state index in [2.05, 4.69) is 15.0 Å². The second-order valence-corrected chi connectivity index (χ2v) is 9.68. The molecule has 2 saturated heterocycles. The predicted octanol–water partition coefficient (Wildman–Crippen LogP) is -2.50. The molecule has 0 saturated carbocycles. The number of nitrogen functional groups attached to an aromatic ring is 2. The topological polar surface area (TPSA) is 246 Å². The quantitative estimate of drug-likeness (QED) is 0.173. The van der Waals surface area contributed by atoms with Gasteiger partial charge in [-0.1, -0.05) is 0 Å². The highest BCUT2D eigenvalue weighted by molar-refractivity contribution is 5.86. The molecular weight excluding hydrogens is 518 g/mol. The Labute approximate surface area is 222 Å². The van der Waals surface area contributed by atoms with Gasteiger partial charge in [0.2, 0.25) is 0 Å². The Morgan fingerprint density at radius 2 is 1.62 bits per heavy atom. The van der Waals surface area contributed by atoms with E-state index in [0.29, 0.717) is 16.9 Å². The number of aromatic nitrogens is 5. The number of nitrogens with two attached hydrogens (primary N) is 2. The minimum Gasteiger partial charge on any atom is -0.394 e. The molecule has 2 aliphatic heterocycles. The van der Waals surface area contributed by atoms with Gasteiger partial charge in [0.1, 0.15) is 59.2 Å². The van der Waals surface area contributed by atoms with E-state index in [1.54, 1.807) is 23.8 Å². The van der Waals surface area contributed by atoms with Crippen molar-refractivity contribution in [3.63, 3.8) is 0 Å². The first kappa shape index (κ1) is 28.8. The zero-order valence-electron chi connectivity index (χ0n) is 21.5. The largest absolute Gasteiger partial charge is 0.394 e. The van der Waals surface area contributed by atoms with Crippen molar-refractivity contribution in [1.29, 1.82) is 0 Å². The van der Waals surface area contributed by atoms with Crippen molar-refractivity contribution in [3.8, 4) is 0 Å². The highest BCUT2D eigenvalue weighted by atomic mass is 16.6. The van der Waals surface area contributed by atoms with Gasteiger partial charge in [-0.25, -0.2) is 14.8 Å². The lowest BCUT2D eigenvalue weighted by atomic mass is 9.96. The van der Waals surface area contributed by atoms with Crippen LogP contribution in [0.15, 0.2) is 35.6 Å². The standard InChI is InChI=1S/C12H16N4O4.C11H17N3O5/c1-12(19)8(18)7(4-17)20-11(12)16-3-2-6-9(13)14-5-15-10(6)16;1-11(18-2)8(16)6(5-15)19-9(11)14-4-3-7(12)13-10(14)17/h2-3,5,7-8,11,17-19H,4H2,1H3,(H2,13,14,15);3-4,6,8-9,15-16H,5H2,1-2H3,(H2,12,13,17)/t7-,8-,11-,12-;6-,8-,9-,11-/m11/s1. The lowest BCUT2D eigenvalue weighted by molar-refractivity contribution is -0.121. The number of rotatable bonds is 5. The SMILES string of the molecule is CO[C@]1(C)[C@H](O)[C@@H](CO)O[C@H]1n1ccc(N)nc1=O.C[C@@]1(O)[C@H](O)[C@@H](CO)O[C@H]1n1ccc2c(N)ncnc21. The summed E-state index contributed by atoms with van der Waals surface area (Å²) < 4.78 is 19.1. The fourth-order valence-electron chi connectivity index (χ4n) is 4.77. The van der Waals surface area contributed by atoms with Gasteiger partial charge in [0.05, 0.1) is 18.6 Å². The van der Waals surface area contributed by atoms with Crippen molar-refractivity contribution in [2.45, 2.75) is 61.9 Å². The molecule has 0 aliphatic carbocycles. The summed E-state index contributed by atoms with van der Waals surface area (Å²) in [5.74, 6) is 0.420. The fraction of sp³-hybridized carbons (Fsp3) is 0.565. The molecule has 5 rings (SSSR count). The molecule has 214 valence electrons. The van der Waals surface area contributed by atoms with E-state index in [4.69, 9.17) is 25.7 Å². The monoisotopic (exact) mass is 551 g/mol. The molecule has 3 aromatic rings. The van der Waals surface area contributed by atoms with E-state index in [9.17, 15) is 30.3 Å². The van der Waals surface area contributed by atoms with Crippen LogP contribution >= 0.6 is 0 Å². The van der Waals surface area contributed by atoms with Crippen LogP contribution in [0.2, 0.25) is 0 Å². The molecule has 3 aromatic heterocycles. The summed E-state index contributed by atoms with van der Waals surface area (Å²) in [4.78, 5) is 23.4. The summed E-state index contributed by atoms with van der Waals surface area (Å²) in [5, 5.41) is 49.6. The normalized spacial score (nSPS) is 34.3. The first-order valence-corrected chi connectivity index (χ1v) is 12.0. The van der Waals surface area contributed by atoms with Gasteiger partial charge < -0.3 is 55.8 Å². The van der Waals surface area contributed by atoms with Crippen molar-refractivity contribution >= 4 is 22.7 Å². The number of methoxy groups -OCH3 is 1. The molecule has 16 heteroatoms. The van der Waals surface area contributed by atoms with Gasteiger partial charge in [0.15, 0.2) is 12.5 Å². The third-order valence-corrected chi connectivity index (χ3v) is 7.18. The van der Waals surface area contributed by atoms with Crippen LogP contribution in [0.25, 0.3) is 11.0 Å². The Bertz CT molecular complexity index is 1370. The van der Waals surface area contributed by atoms with Crippen LogP contribution in [0.3, 0.4) is 0 Å². The van der Waals surface area contributed by atoms with Crippen molar-refractivity contribution in [2.24, 2.45) is 0 Å². The fourth-order valence-corrected chi connectivity index (χ4v) is 4.77. The van der Waals surface area contributed by atoms with Crippen molar-refractivity contribution in [3.05, 3.63) is 41.3 Å². The molecular formula is C23H33N7O9. The first-order chi connectivity index (χ1) is 18.4. The second kappa shape index (κ2) is 10.7. The van der Waals surface area contributed by atoms with Crippen LogP contribution in [0, 0.1) is 0 Å². The van der Waals surface area contributed by atoms with E-state index >= 15 is 0 Å². The van der Waals surface area contributed by atoms with Gasteiger partial charge >= 0.3 is 5.69 Å². The van der Waals surface area contributed by atoms with Crippen LogP contribution in [0.5, 0.6) is 0 Å². The second-order valence-electron chi connectivity index (χ2n) is 9.68. The van der Waals surface area contributed by atoms with Gasteiger partial charge in [-0.2, -0.15) is 4.98 Å². The number of hydrogen-bond donors (Lipinski definition) is 7. The Hall–Kier alpha value is -3.22. The molecule has 2 fully saturated rings. The van der Waals surface area contributed by atoms with Crippen LogP contribution in [0.1, 0.15) is 26.3 Å². The molecule has 0 spiro atoms. The Kier molecular flexibility index (Phi) is 7.93. The number of aliphatic hydroxyl groups is 5. The van der Waals surface area contributed by atoms with Gasteiger partial charge in [-0.3, -0.25) is 4.57 Å². The zero-order chi connectivity index (χ0) is 28.7. The lowest BCUT2D eigenvalue weighted by Crippen LogP contribution is -2.47. The number of hydrogen-bond acceptors (Lipinski definition) is 14. The highest BCUT2D eigenvalue weighted by Crippen LogP contribution is 2.41. The smallest absolute Gasteiger partial charge is 0.351 e. The molecule has 0 radical (unpaired) electrons. The summed E-state index contributed by atoms with van der Waals surface area (Å²) in [6, 6.07) is 3.16. The van der Waals surface area contributed by atoms with Crippen molar-refractivity contribution < 1.29 is 39.7 Å². The van der Waals surface area contributed by atoms with Crippen LogP contribution in [0.4, 0.5) is 11.6 Å². The molecule has 0 unspecified atom stereocenters. The minimum atomic E-state index is -1.56. The number of anilines is 2. The van der Waals surface area contributed by atoms with E-state index in [-0.39, 0.29) is 19.0 Å². The molecule has 16 nitrogen and oxygen atoms in total. The predicted molar refractivity (Wildman–Crippen MR) is 135 cm³/mol. The molecule has 2 aliphatic rings. The number of aliphatic hydroxyl groups excluding tert-OH is 4. The Morgan fingerprint density at radius 3 is 2.21 bits per heavy atom. The highest BCUT2D eigenvalue weighted by Gasteiger charge is 2.55. The maximum absolute atomic E-state index is 11.8. The van der Waals surface area contributed by atoms with Crippen LogP contribution < -0.4 is 17.2 Å². The molecule has 9 N–H and O–H groups in total. The molecule has 8 atom stereocenters. The Balaban J connectivity index is 0.000000181. The Morgan fingerprint density at radius 1 is 1.00 bits per heavy atom. The molecule has 0 aromatic carbocycles. The molecule has 5 heterocycles. The number of fused-ring (bicyclic) bond motifs is 1. The van der Waals surface area contributed by atoms with Gasteiger partial charge in [0.25, 0.3) is 0 Å². The van der Waals surface area contributed by atoms with Gasteiger partial charge in [0, 0.05) is 19.5 Å². The summed E-state index contributed by atoms with van der Waals surface area (Å²) in [5.41, 5.74) is 8.33. The van der Waals surface area contributed by atoms with E-state index in [0.717, 1.165) is 0 Å². The number of nitrogens with zero attached hydrogens (tertiary/aromatic N) is 5. The van der Waals surface area contributed by atoms with Crippen LogP contribution in [-0.2, 0) is 14.2 Å². The van der Waals surface area contributed by atoms with Crippen molar-refractivity contribution in [1.82, 2.24) is 24.1 Å². The van der Waals surface area contributed by atoms with E-state index in [1.165, 1.54) is 37.2 Å². The van der Waals surface area contributed by atoms with Crippen LogP contribution in [-0.4, -0.2) is 106 Å². The lowest BCUT2D eigenvalue weighted by Gasteiger charge is -2.31. The average Bonchev–Trinajstić information content (AvgIpc) is 3.51. The summed E-state index contributed by atoms with van der Waals surface area (Å²) >= 11 is 0. The maximum Gasteiger partial charge on any atom is 0.351 e. The number of ether oxygens (including phenoxy) is 3. The first-order valence-electron chi connectivity index (χ1n) is 12.0. The molecule has 0 bridgehead atoms. The average molecular weight is 552 g/mol. The molecule has 39 heavy (non-hydrogen) atoms. The molecule has 0 amide bonds. The van der Waals surface area contributed by atoms with Gasteiger partial charge in [-0.05, 0) is 26.0 Å². The summed E-state index contributed by atoms with van der Waals surface area (Å²) in [6.45, 7) is 2.28. The summed E-state index contributed by atoms with van der Waals surface area (Å²) in [6.07, 6.45) is -1.35.